The number of para-hydroxylation sites is 1. The molecule has 23 heavy (non-hydrogen) atoms. The van der Waals surface area contributed by atoms with Crippen molar-refractivity contribution in [3.05, 3.63) is 43.0 Å². The fraction of sp³-hybridized carbons (Fsp3) is 0.267. The number of rotatable bonds is 8. The molecule has 0 atom stereocenters. The molecule has 1 aromatic rings. The number of ether oxygens (including phenoxy) is 3. The van der Waals surface area contributed by atoms with E-state index < -0.39 is 18.2 Å². The first-order valence-electron chi connectivity index (χ1n) is 6.82. The molecule has 0 aromatic heterocycles. The van der Waals surface area contributed by atoms with Crippen molar-refractivity contribution in [2.45, 2.75) is 0 Å². The molecule has 0 fully saturated rings. The molecule has 124 valence electrons. The van der Waals surface area contributed by atoms with Crippen LogP contribution in [0, 0.1) is 0 Å². The molecule has 0 unspecified atom stereocenters. The molecule has 8 nitrogen and oxygen atoms in total. The van der Waals surface area contributed by atoms with Gasteiger partial charge in [0.05, 0.1) is 0 Å². The van der Waals surface area contributed by atoms with E-state index in [9.17, 15) is 14.4 Å². The van der Waals surface area contributed by atoms with Gasteiger partial charge in [-0.15, -0.1) is 0 Å². The van der Waals surface area contributed by atoms with Gasteiger partial charge in [0.1, 0.15) is 19.0 Å². The number of carbonyl (C=O) groups is 3. The van der Waals surface area contributed by atoms with E-state index in [1.165, 1.54) is 0 Å². The zero-order valence-electron chi connectivity index (χ0n) is 12.4. The number of nitrogens with one attached hydrogen (secondary N) is 2. The second kappa shape index (κ2) is 10.7. The monoisotopic (exact) mass is 322 g/mol. The lowest BCUT2D eigenvalue weighted by Crippen LogP contribution is -2.36. The highest BCUT2D eigenvalue weighted by atomic mass is 16.6. The molecule has 0 spiro atoms. The molecular weight excluding hydrogens is 304 g/mol. The minimum absolute atomic E-state index is 0.0556. The summed E-state index contributed by atoms with van der Waals surface area (Å²) in [6.45, 7) is 3.43. The summed E-state index contributed by atoms with van der Waals surface area (Å²) in [6, 6.07) is 8.58. The molecule has 2 amide bonds. The Labute approximate surface area is 133 Å². The van der Waals surface area contributed by atoms with Crippen molar-refractivity contribution in [2.24, 2.45) is 0 Å². The summed E-state index contributed by atoms with van der Waals surface area (Å²) in [5.74, 6) is -0.165. The summed E-state index contributed by atoms with van der Waals surface area (Å²) < 4.78 is 14.3. The Bertz CT molecular complexity index is 532. The fourth-order valence-corrected chi connectivity index (χ4v) is 1.35. The first-order chi connectivity index (χ1) is 11.1. The van der Waals surface area contributed by atoms with E-state index in [-0.39, 0.29) is 26.3 Å². The Kier molecular flexibility index (Phi) is 8.35. The van der Waals surface area contributed by atoms with E-state index in [2.05, 4.69) is 21.9 Å². The normalized spacial score (nSPS) is 9.39. The highest BCUT2D eigenvalue weighted by Crippen LogP contribution is 2.07. The van der Waals surface area contributed by atoms with Gasteiger partial charge in [-0.1, -0.05) is 24.8 Å². The number of carbonyl (C=O) groups excluding carboxylic acids is 3. The molecular formula is C15H18N2O6. The topological polar surface area (TPSA) is 103 Å². The first kappa shape index (κ1) is 18.0. The SMILES string of the molecule is C=CC(=O)OCCOC(=O)NCCNC(=O)Oc1ccccc1. The van der Waals surface area contributed by atoms with Crippen LogP contribution in [0.1, 0.15) is 0 Å². The summed E-state index contributed by atoms with van der Waals surface area (Å²) in [5.41, 5.74) is 0. The lowest BCUT2D eigenvalue weighted by molar-refractivity contribution is -0.138. The van der Waals surface area contributed by atoms with E-state index in [0.29, 0.717) is 5.75 Å². The van der Waals surface area contributed by atoms with Gasteiger partial charge in [0.15, 0.2) is 0 Å². The highest BCUT2D eigenvalue weighted by molar-refractivity contribution is 5.81. The van der Waals surface area contributed by atoms with E-state index in [1.54, 1.807) is 30.3 Å². The minimum Gasteiger partial charge on any atom is -0.459 e. The quantitative estimate of drug-likeness (QED) is 0.424. The molecule has 0 aliphatic heterocycles. The van der Waals surface area contributed by atoms with E-state index in [0.717, 1.165) is 6.08 Å². The smallest absolute Gasteiger partial charge is 0.412 e. The van der Waals surface area contributed by atoms with Crippen molar-refractivity contribution in [2.75, 3.05) is 26.3 Å². The van der Waals surface area contributed by atoms with Crippen LogP contribution in [-0.4, -0.2) is 44.5 Å². The van der Waals surface area contributed by atoms with Crippen LogP contribution < -0.4 is 15.4 Å². The summed E-state index contributed by atoms with van der Waals surface area (Å²) in [6.07, 6.45) is -0.291. The summed E-state index contributed by atoms with van der Waals surface area (Å²) >= 11 is 0. The number of hydrogen-bond acceptors (Lipinski definition) is 6. The third kappa shape index (κ3) is 8.76. The van der Waals surface area contributed by atoms with Gasteiger partial charge in [-0.3, -0.25) is 0 Å². The number of hydrogen-bond donors (Lipinski definition) is 2. The predicted molar refractivity (Wildman–Crippen MR) is 81.0 cm³/mol. The molecule has 0 aliphatic rings. The van der Waals surface area contributed by atoms with Gasteiger partial charge in [0.2, 0.25) is 0 Å². The van der Waals surface area contributed by atoms with Gasteiger partial charge in [0.25, 0.3) is 0 Å². The van der Waals surface area contributed by atoms with Crippen LogP contribution in [0.5, 0.6) is 5.75 Å². The number of amides is 2. The second-order valence-corrected chi connectivity index (χ2v) is 4.06. The van der Waals surface area contributed by atoms with Gasteiger partial charge in [0, 0.05) is 19.2 Å². The van der Waals surface area contributed by atoms with Gasteiger partial charge in [-0.05, 0) is 12.1 Å². The van der Waals surface area contributed by atoms with Crippen molar-refractivity contribution >= 4 is 18.2 Å². The maximum Gasteiger partial charge on any atom is 0.412 e. The Balaban J connectivity index is 2.03. The molecule has 0 saturated heterocycles. The molecule has 1 rings (SSSR count). The fourth-order valence-electron chi connectivity index (χ4n) is 1.35. The van der Waals surface area contributed by atoms with Crippen molar-refractivity contribution in [1.29, 1.82) is 0 Å². The number of benzene rings is 1. The van der Waals surface area contributed by atoms with Crippen LogP contribution in [0.3, 0.4) is 0 Å². The average molecular weight is 322 g/mol. The van der Waals surface area contributed by atoms with E-state index in [4.69, 9.17) is 9.47 Å². The number of alkyl carbamates (subject to hydrolysis) is 1. The van der Waals surface area contributed by atoms with Crippen LogP contribution in [0.2, 0.25) is 0 Å². The molecule has 2 N–H and O–H groups in total. The predicted octanol–water partition coefficient (Wildman–Crippen LogP) is 1.23. The van der Waals surface area contributed by atoms with Crippen molar-refractivity contribution in [3.8, 4) is 5.75 Å². The van der Waals surface area contributed by atoms with Crippen molar-refractivity contribution < 1.29 is 28.6 Å². The third-order valence-corrected chi connectivity index (χ3v) is 2.34. The molecule has 1 aromatic carbocycles. The Morgan fingerprint density at radius 1 is 0.957 bits per heavy atom. The van der Waals surface area contributed by atoms with Crippen LogP contribution in [0.4, 0.5) is 9.59 Å². The molecule has 0 aliphatic carbocycles. The number of esters is 1. The zero-order valence-corrected chi connectivity index (χ0v) is 12.4. The zero-order chi connectivity index (χ0) is 16.9. The maximum absolute atomic E-state index is 11.4. The van der Waals surface area contributed by atoms with Crippen LogP contribution >= 0.6 is 0 Å². The average Bonchev–Trinajstić information content (AvgIpc) is 2.56. The van der Waals surface area contributed by atoms with E-state index >= 15 is 0 Å². The van der Waals surface area contributed by atoms with Gasteiger partial charge >= 0.3 is 18.2 Å². The Morgan fingerprint density at radius 2 is 1.57 bits per heavy atom. The van der Waals surface area contributed by atoms with Crippen molar-refractivity contribution in [1.82, 2.24) is 10.6 Å². The largest absolute Gasteiger partial charge is 0.459 e. The highest BCUT2D eigenvalue weighted by Gasteiger charge is 2.05. The minimum atomic E-state index is -0.683. The Hall–Kier alpha value is -3.03. The molecule has 0 heterocycles. The van der Waals surface area contributed by atoms with Gasteiger partial charge in [-0.2, -0.15) is 0 Å². The summed E-state index contributed by atoms with van der Waals surface area (Å²) in [7, 11) is 0. The van der Waals surface area contributed by atoms with E-state index in [1.807, 2.05) is 0 Å². The molecule has 0 bridgehead atoms. The summed E-state index contributed by atoms with van der Waals surface area (Å²) in [4.78, 5) is 33.4. The van der Waals surface area contributed by atoms with Crippen LogP contribution in [0.25, 0.3) is 0 Å². The molecule has 8 heteroatoms. The first-order valence-corrected chi connectivity index (χ1v) is 6.82. The second-order valence-electron chi connectivity index (χ2n) is 4.06. The summed E-state index contributed by atoms with van der Waals surface area (Å²) in [5, 5.41) is 4.88. The Morgan fingerprint density at radius 3 is 2.22 bits per heavy atom. The lowest BCUT2D eigenvalue weighted by atomic mass is 10.3. The van der Waals surface area contributed by atoms with Crippen LogP contribution in [-0.2, 0) is 14.3 Å². The molecule has 0 saturated carbocycles. The van der Waals surface area contributed by atoms with Gasteiger partial charge in [-0.25, -0.2) is 14.4 Å². The third-order valence-electron chi connectivity index (χ3n) is 2.34. The van der Waals surface area contributed by atoms with Gasteiger partial charge < -0.3 is 24.8 Å². The lowest BCUT2D eigenvalue weighted by Gasteiger charge is -2.08. The maximum atomic E-state index is 11.4. The van der Waals surface area contributed by atoms with Crippen LogP contribution in [0.15, 0.2) is 43.0 Å². The van der Waals surface area contributed by atoms with Crippen molar-refractivity contribution in [3.63, 3.8) is 0 Å². The standard InChI is InChI=1S/C15H18N2O6/c1-2-13(18)21-10-11-22-14(19)16-8-9-17-15(20)23-12-6-4-3-5-7-12/h2-7H,1,8-11H2,(H,16,19)(H,17,20). The molecule has 0 radical (unpaired) electrons.